The molecule has 4 nitrogen and oxygen atoms in total. The highest BCUT2D eigenvalue weighted by atomic mass is 16.5. The van der Waals surface area contributed by atoms with Gasteiger partial charge < -0.3 is 14.5 Å². The van der Waals surface area contributed by atoms with E-state index in [0.29, 0.717) is 12.0 Å². The van der Waals surface area contributed by atoms with Gasteiger partial charge in [0, 0.05) is 22.4 Å². The van der Waals surface area contributed by atoms with E-state index in [1.807, 2.05) is 0 Å². The van der Waals surface area contributed by atoms with Crippen molar-refractivity contribution in [3.8, 4) is 11.5 Å². The van der Waals surface area contributed by atoms with E-state index < -0.39 is 0 Å². The molecule has 2 atom stereocenters. The molecule has 1 aromatic heterocycles. The first-order chi connectivity index (χ1) is 13.3. The number of ether oxygens (including phenoxy) is 2. The van der Waals surface area contributed by atoms with Gasteiger partial charge in [0.25, 0.3) is 0 Å². The Morgan fingerprint density at radius 3 is 2.56 bits per heavy atom. The van der Waals surface area contributed by atoms with E-state index in [9.17, 15) is 0 Å². The Hall–Kier alpha value is -2.75. The monoisotopic (exact) mass is 360 g/mol. The average molecular weight is 360 g/mol. The molecule has 2 aliphatic rings. The second-order valence-electron chi connectivity index (χ2n) is 7.50. The number of aromatic amines is 1. The van der Waals surface area contributed by atoms with Crippen LogP contribution in [-0.4, -0.2) is 31.0 Å². The molecule has 1 saturated carbocycles. The summed E-state index contributed by atoms with van der Waals surface area (Å²) < 4.78 is 11.2. The highest BCUT2D eigenvalue weighted by Crippen LogP contribution is 2.44. The molecule has 1 aliphatic carbocycles. The first kappa shape index (κ1) is 16.4. The predicted octanol–water partition coefficient (Wildman–Crippen LogP) is 5.06. The second kappa shape index (κ2) is 6.45. The van der Waals surface area contributed by atoms with Gasteiger partial charge in [-0.1, -0.05) is 31.0 Å². The first-order valence-electron chi connectivity index (χ1n) is 9.70. The Balaban J connectivity index is 1.72. The molecule has 2 heterocycles. The van der Waals surface area contributed by atoms with Crippen molar-refractivity contribution in [3.05, 3.63) is 59.3 Å². The van der Waals surface area contributed by atoms with Crippen LogP contribution in [0, 0.1) is 0 Å². The standard InChI is InChI=1S/C23H24N2O2/c1-26-21-12-16-15-8-4-6-10-19(15)25-23(17(16)13-22(21)27-2)20-11-14-7-3-5-9-18(14)24-20/h3,5,7,9,11-13,15,19,24H,4,6,8,10H2,1-2H3/t15-,19-/m0/s1. The molecule has 0 spiro atoms. The third-order valence-electron chi connectivity index (χ3n) is 6.02. The van der Waals surface area contributed by atoms with Crippen LogP contribution < -0.4 is 9.47 Å². The van der Waals surface area contributed by atoms with Gasteiger partial charge in [0.05, 0.1) is 31.7 Å². The highest BCUT2D eigenvalue weighted by molar-refractivity contribution is 6.15. The largest absolute Gasteiger partial charge is 0.493 e. The molecule has 0 bridgehead atoms. The van der Waals surface area contributed by atoms with Crippen molar-refractivity contribution in [3.63, 3.8) is 0 Å². The fourth-order valence-electron chi connectivity index (χ4n) is 4.69. The predicted molar refractivity (Wildman–Crippen MR) is 108 cm³/mol. The zero-order valence-corrected chi connectivity index (χ0v) is 15.8. The van der Waals surface area contributed by atoms with Crippen LogP contribution in [0.15, 0.2) is 47.5 Å². The first-order valence-corrected chi connectivity index (χ1v) is 9.70. The van der Waals surface area contributed by atoms with Crippen LogP contribution in [-0.2, 0) is 0 Å². The zero-order chi connectivity index (χ0) is 18.4. The Bertz CT molecular complexity index is 1000. The molecule has 0 saturated heterocycles. The third-order valence-corrected chi connectivity index (χ3v) is 6.02. The normalized spacial score (nSPS) is 21.3. The van der Waals surface area contributed by atoms with Crippen molar-refractivity contribution in [2.45, 2.75) is 37.6 Å². The molecule has 27 heavy (non-hydrogen) atoms. The minimum atomic E-state index is 0.353. The Morgan fingerprint density at radius 2 is 1.74 bits per heavy atom. The van der Waals surface area contributed by atoms with E-state index >= 15 is 0 Å². The number of aliphatic imine (C=N–C) groups is 1. The van der Waals surface area contributed by atoms with Gasteiger partial charge in [0.1, 0.15) is 0 Å². The molecule has 0 amide bonds. The molecular weight excluding hydrogens is 336 g/mol. The van der Waals surface area contributed by atoms with Crippen molar-refractivity contribution in [2.75, 3.05) is 14.2 Å². The number of H-pyrrole nitrogens is 1. The third kappa shape index (κ3) is 2.62. The van der Waals surface area contributed by atoms with Crippen molar-refractivity contribution < 1.29 is 9.47 Å². The number of benzene rings is 2. The number of hydrogen-bond donors (Lipinski definition) is 1. The maximum absolute atomic E-state index is 5.60. The van der Waals surface area contributed by atoms with Gasteiger partial charge in [0.2, 0.25) is 0 Å². The van der Waals surface area contributed by atoms with Crippen molar-refractivity contribution >= 4 is 16.6 Å². The second-order valence-corrected chi connectivity index (χ2v) is 7.50. The molecule has 0 unspecified atom stereocenters. The van der Waals surface area contributed by atoms with Gasteiger partial charge in [-0.3, -0.25) is 4.99 Å². The molecular formula is C23H24N2O2. The number of fused-ring (bicyclic) bond motifs is 4. The van der Waals surface area contributed by atoms with Gasteiger partial charge in [-0.2, -0.15) is 0 Å². The summed E-state index contributed by atoms with van der Waals surface area (Å²) in [4.78, 5) is 8.80. The van der Waals surface area contributed by atoms with Gasteiger partial charge in [-0.05, 0) is 42.7 Å². The van der Waals surface area contributed by atoms with E-state index in [0.717, 1.165) is 34.8 Å². The summed E-state index contributed by atoms with van der Waals surface area (Å²) in [7, 11) is 3.40. The highest BCUT2D eigenvalue weighted by Gasteiger charge is 2.35. The lowest BCUT2D eigenvalue weighted by Gasteiger charge is -2.35. The molecule has 1 fully saturated rings. The summed E-state index contributed by atoms with van der Waals surface area (Å²) in [6.07, 6.45) is 4.87. The number of hydrogen-bond acceptors (Lipinski definition) is 3. The number of nitrogens with zero attached hydrogens (tertiary/aromatic N) is 1. The van der Waals surface area contributed by atoms with Crippen molar-refractivity contribution in [1.29, 1.82) is 0 Å². The lowest BCUT2D eigenvalue weighted by Crippen LogP contribution is -2.29. The molecule has 5 rings (SSSR count). The molecule has 1 N–H and O–H groups in total. The molecule has 2 aromatic carbocycles. The van der Waals surface area contributed by atoms with E-state index in [4.69, 9.17) is 14.5 Å². The maximum Gasteiger partial charge on any atom is 0.161 e. The summed E-state index contributed by atoms with van der Waals surface area (Å²) in [6, 6.07) is 15.2. The number of methoxy groups -OCH3 is 2. The van der Waals surface area contributed by atoms with Crippen LogP contribution in [0.1, 0.15) is 48.4 Å². The number of rotatable bonds is 3. The van der Waals surface area contributed by atoms with Crippen molar-refractivity contribution in [2.24, 2.45) is 4.99 Å². The van der Waals surface area contributed by atoms with Gasteiger partial charge in [-0.15, -0.1) is 0 Å². The fourth-order valence-corrected chi connectivity index (χ4v) is 4.69. The number of aromatic nitrogens is 1. The Morgan fingerprint density at radius 1 is 0.963 bits per heavy atom. The lowest BCUT2D eigenvalue weighted by molar-refractivity contribution is 0.349. The Labute approximate surface area is 159 Å². The van der Waals surface area contributed by atoms with Crippen LogP contribution in [0.5, 0.6) is 11.5 Å². The molecule has 4 heteroatoms. The average Bonchev–Trinajstić information content (AvgIpc) is 3.16. The van der Waals surface area contributed by atoms with Gasteiger partial charge in [-0.25, -0.2) is 0 Å². The fraction of sp³-hybridized carbons (Fsp3) is 0.348. The van der Waals surface area contributed by atoms with E-state index in [1.54, 1.807) is 14.2 Å². The van der Waals surface area contributed by atoms with E-state index in [-0.39, 0.29) is 0 Å². The van der Waals surface area contributed by atoms with Crippen LogP contribution >= 0.6 is 0 Å². The summed E-state index contributed by atoms with van der Waals surface area (Å²) in [6.45, 7) is 0. The SMILES string of the molecule is COc1cc2c(cc1OC)[C@@H]1CCCC[C@@H]1N=C2c1cc2ccccc2[nH]1. The summed E-state index contributed by atoms with van der Waals surface area (Å²) in [5.74, 6) is 2.04. The van der Waals surface area contributed by atoms with Crippen LogP contribution in [0.3, 0.4) is 0 Å². The topological polar surface area (TPSA) is 46.6 Å². The van der Waals surface area contributed by atoms with E-state index in [2.05, 4.69) is 47.4 Å². The minimum Gasteiger partial charge on any atom is -0.493 e. The molecule has 1 aliphatic heterocycles. The zero-order valence-electron chi connectivity index (χ0n) is 15.8. The van der Waals surface area contributed by atoms with Gasteiger partial charge >= 0.3 is 0 Å². The Kier molecular flexibility index (Phi) is 3.92. The number of para-hydroxylation sites is 1. The summed E-state index contributed by atoms with van der Waals surface area (Å²) >= 11 is 0. The van der Waals surface area contributed by atoms with Crippen molar-refractivity contribution in [1.82, 2.24) is 4.98 Å². The lowest BCUT2D eigenvalue weighted by atomic mass is 9.75. The number of nitrogens with one attached hydrogen (secondary N) is 1. The minimum absolute atomic E-state index is 0.353. The smallest absolute Gasteiger partial charge is 0.161 e. The molecule has 3 aromatic rings. The van der Waals surface area contributed by atoms with Crippen LogP contribution in [0.2, 0.25) is 0 Å². The quantitative estimate of drug-likeness (QED) is 0.709. The van der Waals surface area contributed by atoms with E-state index in [1.165, 1.54) is 35.8 Å². The summed E-state index contributed by atoms with van der Waals surface area (Å²) in [5.41, 5.74) is 5.78. The van der Waals surface area contributed by atoms with Crippen LogP contribution in [0.4, 0.5) is 0 Å². The maximum atomic E-state index is 5.60. The molecule has 0 radical (unpaired) electrons. The van der Waals surface area contributed by atoms with Gasteiger partial charge in [0.15, 0.2) is 11.5 Å². The van der Waals surface area contributed by atoms with Crippen LogP contribution in [0.25, 0.3) is 10.9 Å². The summed E-state index contributed by atoms with van der Waals surface area (Å²) in [5, 5.41) is 1.21. The molecule has 138 valence electrons.